The first kappa shape index (κ1) is 13.8. The zero-order chi connectivity index (χ0) is 13.7. The average molecular weight is 262 g/mol. The molecule has 1 unspecified atom stereocenters. The number of benzene rings is 2. The van der Waals surface area contributed by atoms with Gasteiger partial charge in [0.15, 0.2) is 0 Å². The summed E-state index contributed by atoms with van der Waals surface area (Å²) in [6.07, 6.45) is -0.678. The fourth-order valence-electron chi connectivity index (χ4n) is 2.04. The Bertz CT molecular complexity index is 539. The standard InChI is InChI=1S/C15H18O4/c1-18-9-12(17)10-19-15-7-6-11-4-2-3-5-13(11)14(15)8-16/h2-7,12,16-17H,8-10H2,1H3. The molecule has 0 radical (unpaired) electrons. The highest BCUT2D eigenvalue weighted by Gasteiger charge is 2.10. The quantitative estimate of drug-likeness (QED) is 0.832. The maximum absolute atomic E-state index is 9.57. The Hall–Kier alpha value is -1.62. The highest BCUT2D eigenvalue weighted by atomic mass is 16.5. The lowest BCUT2D eigenvalue weighted by atomic mass is 10.0. The molecular formula is C15H18O4. The summed E-state index contributed by atoms with van der Waals surface area (Å²) >= 11 is 0. The van der Waals surface area contributed by atoms with E-state index in [0.29, 0.717) is 5.75 Å². The molecule has 2 N–H and O–H groups in total. The van der Waals surface area contributed by atoms with Crippen LogP contribution in [-0.4, -0.2) is 36.6 Å². The molecule has 0 aliphatic carbocycles. The van der Waals surface area contributed by atoms with Gasteiger partial charge in [-0.05, 0) is 16.8 Å². The molecule has 2 aromatic rings. The van der Waals surface area contributed by atoms with Crippen LogP contribution in [0.1, 0.15) is 5.56 Å². The van der Waals surface area contributed by atoms with Gasteiger partial charge in [-0.1, -0.05) is 30.3 Å². The largest absolute Gasteiger partial charge is 0.490 e. The fraction of sp³-hybridized carbons (Fsp3) is 0.333. The minimum absolute atomic E-state index is 0.100. The van der Waals surface area contributed by atoms with E-state index < -0.39 is 6.10 Å². The lowest BCUT2D eigenvalue weighted by molar-refractivity contribution is 0.0321. The number of rotatable bonds is 6. The van der Waals surface area contributed by atoms with Gasteiger partial charge in [0.2, 0.25) is 0 Å². The van der Waals surface area contributed by atoms with Gasteiger partial charge in [0.1, 0.15) is 18.5 Å². The molecule has 0 aliphatic heterocycles. The Balaban J connectivity index is 2.23. The molecule has 0 spiro atoms. The second-order valence-corrected chi connectivity index (χ2v) is 4.34. The maximum Gasteiger partial charge on any atom is 0.125 e. The first-order chi connectivity index (χ1) is 9.26. The minimum atomic E-state index is -0.678. The second-order valence-electron chi connectivity index (χ2n) is 4.34. The lowest BCUT2D eigenvalue weighted by Crippen LogP contribution is -2.22. The molecular weight excluding hydrogens is 244 g/mol. The number of methoxy groups -OCH3 is 1. The molecule has 19 heavy (non-hydrogen) atoms. The molecule has 4 heteroatoms. The molecule has 0 saturated heterocycles. The summed E-state index contributed by atoms with van der Waals surface area (Å²) in [7, 11) is 1.53. The van der Waals surface area contributed by atoms with Crippen LogP contribution in [0.2, 0.25) is 0 Å². The van der Waals surface area contributed by atoms with Crippen LogP contribution in [0.25, 0.3) is 10.8 Å². The van der Waals surface area contributed by atoms with Crippen molar-refractivity contribution < 1.29 is 19.7 Å². The van der Waals surface area contributed by atoms with Gasteiger partial charge in [-0.25, -0.2) is 0 Å². The first-order valence-corrected chi connectivity index (χ1v) is 6.17. The van der Waals surface area contributed by atoms with Crippen LogP contribution in [0.4, 0.5) is 0 Å². The van der Waals surface area contributed by atoms with Gasteiger partial charge in [0.05, 0.1) is 13.2 Å². The molecule has 4 nitrogen and oxygen atoms in total. The van der Waals surface area contributed by atoms with E-state index in [1.807, 2.05) is 36.4 Å². The number of hydrogen-bond donors (Lipinski definition) is 2. The fourth-order valence-corrected chi connectivity index (χ4v) is 2.04. The van der Waals surface area contributed by atoms with Crippen LogP contribution in [0.15, 0.2) is 36.4 Å². The van der Waals surface area contributed by atoms with E-state index in [1.165, 1.54) is 7.11 Å². The van der Waals surface area contributed by atoms with Crippen molar-refractivity contribution in [1.29, 1.82) is 0 Å². The van der Waals surface area contributed by atoms with Crippen LogP contribution in [0, 0.1) is 0 Å². The van der Waals surface area contributed by atoms with Crippen LogP contribution in [-0.2, 0) is 11.3 Å². The highest BCUT2D eigenvalue weighted by molar-refractivity contribution is 5.87. The lowest BCUT2D eigenvalue weighted by Gasteiger charge is -2.15. The van der Waals surface area contributed by atoms with Crippen molar-refractivity contribution in [2.24, 2.45) is 0 Å². The van der Waals surface area contributed by atoms with E-state index in [2.05, 4.69) is 0 Å². The zero-order valence-corrected chi connectivity index (χ0v) is 10.9. The van der Waals surface area contributed by atoms with Crippen LogP contribution < -0.4 is 4.74 Å². The van der Waals surface area contributed by atoms with Crippen molar-refractivity contribution in [2.75, 3.05) is 20.3 Å². The Labute approximate surface area is 112 Å². The molecule has 102 valence electrons. The first-order valence-electron chi connectivity index (χ1n) is 6.17. The average Bonchev–Trinajstić information content (AvgIpc) is 2.44. The maximum atomic E-state index is 9.57. The smallest absolute Gasteiger partial charge is 0.125 e. The van der Waals surface area contributed by atoms with Crippen LogP contribution in [0.5, 0.6) is 5.75 Å². The third-order valence-corrected chi connectivity index (χ3v) is 2.95. The summed E-state index contributed by atoms with van der Waals surface area (Å²) in [5.41, 5.74) is 0.739. The van der Waals surface area contributed by atoms with Crippen molar-refractivity contribution >= 4 is 10.8 Å². The molecule has 2 rings (SSSR count). The van der Waals surface area contributed by atoms with Gasteiger partial charge in [-0.2, -0.15) is 0 Å². The Morgan fingerprint density at radius 1 is 1.11 bits per heavy atom. The van der Waals surface area contributed by atoms with Crippen molar-refractivity contribution in [1.82, 2.24) is 0 Å². The third kappa shape index (κ3) is 3.23. The molecule has 0 amide bonds. The van der Waals surface area contributed by atoms with Gasteiger partial charge >= 0.3 is 0 Å². The molecule has 0 aliphatic rings. The van der Waals surface area contributed by atoms with E-state index in [9.17, 15) is 10.2 Å². The minimum Gasteiger partial charge on any atom is -0.490 e. The van der Waals surface area contributed by atoms with Gasteiger partial charge in [-0.3, -0.25) is 0 Å². The predicted octanol–water partition coefficient (Wildman–Crippen LogP) is 1.72. The van der Waals surface area contributed by atoms with E-state index in [4.69, 9.17) is 9.47 Å². The predicted molar refractivity (Wildman–Crippen MR) is 73.2 cm³/mol. The van der Waals surface area contributed by atoms with Crippen molar-refractivity contribution in [3.8, 4) is 5.75 Å². The summed E-state index contributed by atoms with van der Waals surface area (Å²) < 4.78 is 10.4. The number of ether oxygens (including phenoxy) is 2. The van der Waals surface area contributed by atoms with E-state index in [1.54, 1.807) is 0 Å². The summed E-state index contributed by atoms with van der Waals surface area (Å²) in [5.74, 6) is 0.594. The van der Waals surface area contributed by atoms with Crippen LogP contribution in [0.3, 0.4) is 0 Å². The number of fused-ring (bicyclic) bond motifs is 1. The van der Waals surface area contributed by atoms with E-state index in [-0.39, 0.29) is 19.8 Å². The van der Waals surface area contributed by atoms with Crippen molar-refractivity contribution in [3.63, 3.8) is 0 Å². The third-order valence-electron chi connectivity index (χ3n) is 2.95. The summed E-state index contributed by atoms with van der Waals surface area (Å²) in [5, 5.41) is 21.1. The van der Waals surface area contributed by atoms with Crippen LogP contribution >= 0.6 is 0 Å². The molecule has 0 heterocycles. The molecule has 2 aromatic carbocycles. The SMILES string of the molecule is COCC(O)COc1ccc2ccccc2c1CO. The van der Waals surface area contributed by atoms with E-state index in [0.717, 1.165) is 16.3 Å². The summed E-state index contributed by atoms with van der Waals surface area (Å²) in [6.45, 7) is 0.262. The van der Waals surface area contributed by atoms with Crippen molar-refractivity contribution in [2.45, 2.75) is 12.7 Å². The second kappa shape index (κ2) is 6.52. The molecule has 0 saturated carbocycles. The molecule has 1 atom stereocenters. The van der Waals surface area contributed by atoms with Gasteiger partial charge < -0.3 is 19.7 Å². The topological polar surface area (TPSA) is 58.9 Å². The summed E-state index contributed by atoms with van der Waals surface area (Å²) in [4.78, 5) is 0. The number of hydrogen-bond acceptors (Lipinski definition) is 4. The molecule has 0 fully saturated rings. The molecule has 0 bridgehead atoms. The van der Waals surface area contributed by atoms with Gasteiger partial charge in [-0.15, -0.1) is 0 Å². The number of aliphatic hydroxyl groups excluding tert-OH is 2. The summed E-state index contributed by atoms with van der Waals surface area (Å²) in [6, 6.07) is 11.6. The van der Waals surface area contributed by atoms with Crippen molar-refractivity contribution in [3.05, 3.63) is 42.0 Å². The molecule has 0 aromatic heterocycles. The number of aliphatic hydroxyl groups is 2. The van der Waals surface area contributed by atoms with Gasteiger partial charge in [0.25, 0.3) is 0 Å². The van der Waals surface area contributed by atoms with Gasteiger partial charge in [0, 0.05) is 12.7 Å². The Kier molecular flexibility index (Phi) is 4.74. The Morgan fingerprint density at radius 3 is 2.63 bits per heavy atom. The normalized spacial score (nSPS) is 12.6. The zero-order valence-electron chi connectivity index (χ0n) is 10.9. The highest BCUT2D eigenvalue weighted by Crippen LogP contribution is 2.28. The van der Waals surface area contributed by atoms with E-state index >= 15 is 0 Å². The Morgan fingerprint density at radius 2 is 1.89 bits per heavy atom. The monoisotopic (exact) mass is 262 g/mol.